The molecule has 0 radical (unpaired) electrons. The molecule has 3 rings (SSSR count). The smallest absolute Gasteiger partial charge is 0.164 e. The van der Waals surface area contributed by atoms with Crippen molar-refractivity contribution in [3.05, 3.63) is 65.2 Å². The standard InChI is InChI=1S/C23H26O3S/c1-16-7-13-20(14-8-16)27-22(23(25)26)15-21(24)19-11-9-18(10-12-19)17-5-3-2-4-6-17/h7-14,17,22H,2-6,15H2,1H3,(H,25,26)/p-1/t22-/m0/s1. The first kappa shape index (κ1) is 19.7. The van der Waals surface area contributed by atoms with Crippen LogP contribution in [0.5, 0.6) is 0 Å². The van der Waals surface area contributed by atoms with Crippen molar-refractivity contribution in [2.24, 2.45) is 0 Å². The number of aryl methyl sites for hydroxylation is 1. The fraction of sp³-hybridized carbons (Fsp3) is 0.391. The maximum Gasteiger partial charge on any atom is 0.164 e. The lowest BCUT2D eigenvalue weighted by molar-refractivity contribution is -0.304. The van der Waals surface area contributed by atoms with Gasteiger partial charge in [-0.25, -0.2) is 0 Å². The second-order valence-electron chi connectivity index (χ2n) is 7.32. The van der Waals surface area contributed by atoms with E-state index >= 15 is 0 Å². The highest BCUT2D eigenvalue weighted by Gasteiger charge is 2.19. The van der Waals surface area contributed by atoms with E-state index in [0.29, 0.717) is 11.5 Å². The summed E-state index contributed by atoms with van der Waals surface area (Å²) in [7, 11) is 0. The van der Waals surface area contributed by atoms with Crippen LogP contribution in [0.2, 0.25) is 0 Å². The van der Waals surface area contributed by atoms with Crippen LogP contribution in [0, 0.1) is 6.92 Å². The molecule has 2 aromatic carbocycles. The summed E-state index contributed by atoms with van der Waals surface area (Å²) < 4.78 is 0. The second kappa shape index (κ2) is 9.23. The number of hydrogen-bond donors (Lipinski definition) is 0. The van der Waals surface area contributed by atoms with E-state index in [0.717, 1.165) is 10.5 Å². The average molecular weight is 382 g/mol. The van der Waals surface area contributed by atoms with Crippen molar-refractivity contribution in [2.75, 3.05) is 0 Å². The van der Waals surface area contributed by atoms with Crippen LogP contribution in [-0.2, 0) is 4.79 Å². The Hall–Kier alpha value is -2.07. The molecule has 0 saturated heterocycles. The summed E-state index contributed by atoms with van der Waals surface area (Å²) in [4.78, 5) is 24.9. The Kier molecular flexibility index (Phi) is 6.73. The van der Waals surface area contributed by atoms with Gasteiger partial charge >= 0.3 is 0 Å². The summed E-state index contributed by atoms with van der Waals surface area (Å²) >= 11 is 1.17. The number of carboxylic acids is 1. The number of thioether (sulfide) groups is 1. The van der Waals surface area contributed by atoms with Crippen molar-refractivity contribution in [2.45, 2.75) is 61.5 Å². The maximum atomic E-state index is 12.6. The third kappa shape index (κ3) is 5.46. The third-order valence-electron chi connectivity index (χ3n) is 5.24. The number of ketones is 1. The Balaban J connectivity index is 1.64. The minimum absolute atomic E-state index is 0.0658. The number of benzene rings is 2. The number of carbonyl (C=O) groups is 2. The van der Waals surface area contributed by atoms with E-state index in [-0.39, 0.29) is 12.2 Å². The molecule has 4 heteroatoms. The first-order valence-electron chi connectivity index (χ1n) is 9.60. The van der Waals surface area contributed by atoms with Crippen LogP contribution < -0.4 is 5.11 Å². The number of hydrogen-bond acceptors (Lipinski definition) is 4. The van der Waals surface area contributed by atoms with Crippen LogP contribution in [0.4, 0.5) is 0 Å². The number of rotatable bonds is 7. The van der Waals surface area contributed by atoms with Gasteiger partial charge in [0.15, 0.2) is 5.78 Å². The average Bonchev–Trinajstić information content (AvgIpc) is 2.69. The minimum Gasteiger partial charge on any atom is -0.549 e. The van der Waals surface area contributed by atoms with E-state index in [1.165, 1.54) is 49.4 Å². The molecule has 27 heavy (non-hydrogen) atoms. The summed E-state index contributed by atoms with van der Waals surface area (Å²) in [6, 6.07) is 15.4. The molecule has 142 valence electrons. The zero-order valence-electron chi connectivity index (χ0n) is 15.6. The van der Waals surface area contributed by atoms with Gasteiger partial charge in [0.25, 0.3) is 0 Å². The van der Waals surface area contributed by atoms with Crippen molar-refractivity contribution in [3.63, 3.8) is 0 Å². The van der Waals surface area contributed by atoms with Gasteiger partial charge in [-0.2, -0.15) is 0 Å². The van der Waals surface area contributed by atoms with E-state index in [1.54, 1.807) is 0 Å². The first-order valence-corrected chi connectivity index (χ1v) is 10.5. The number of carbonyl (C=O) groups excluding carboxylic acids is 2. The minimum atomic E-state index is -1.20. The molecule has 0 aromatic heterocycles. The van der Waals surface area contributed by atoms with E-state index < -0.39 is 11.2 Å². The van der Waals surface area contributed by atoms with Gasteiger partial charge in [-0.1, -0.05) is 61.2 Å². The topological polar surface area (TPSA) is 57.2 Å². The molecule has 1 aliphatic rings. The number of carboxylic acid groups (broad SMARTS) is 1. The van der Waals surface area contributed by atoms with Gasteiger partial charge in [0.2, 0.25) is 0 Å². The largest absolute Gasteiger partial charge is 0.549 e. The lowest BCUT2D eigenvalue weighted by atomic mass is 9.84. The van der Waals surface area contributed by atoms with Crippen LogP contribution in [0.3, 0.4) is 0 Å². The van der Waals surface area contributed by atoms with Crippen molar-refractivity contribution in [3.8, 4) is 0 Å². The Morgan fingerprint density at radius 3 is 2.22 bits per heavy atom. The second-order valence-corrected chi connectivity index (χ2v) is 8.60. The van der Waals surface area contributed by atoms with Crippen LogP contribution in [0.1, 0.15) is 65.9 Å². The van der Waals surface area contributed by atoms with Gasteiger partial charge in [0.05, 0.1) is 11.2 Å². The molecule has 1 atom stereocenters. The molecule has 1 fully saturated rings. The fourth-order valence-electron chi connectivity index (χ4n) is 3.62. The number of aliphatic carboxylic acids is 1. The van der Waals surface area contributed by atoms with Gasteiger partial charge in [-0.3, -0.25) is 4.79 Å². The maximum absolute atomic E-state index is 12.6. The highest BCUT2D eigenvalue weighted by molar-refractivity contribution is 8.00. The van der Waals surface area contributed by atoms with Crippen LogP contribution in [0.15, 0.2) is 53.4 Å². The predicted molar refractivity (Wildman–Crippen MR) is 107 cm³/mol. The zero-order valence-corrected chi connectivity index (χ0v) is 16.5. The molecule has 0 amide bonds. The van der Waals surface area contributed by atoms with Crippen molar-refractivity contribution >= 4 is 23.5 Å². The van der Waals surface area contributed by atoms with Gasteiger partial charge in [0, 0.05) is 16.9 Å². The first-order chi connectivity index (χ1) is 13.0. The summed E-state index contributed by atoms with van der Waals surface area (Å²) in [6.07, 6.45) is 6.23. The summed E-state index contributed by atoms with van der Waals surface area (Å²) in [6.45, 7) is 1.98. The molecular formula is C23H25O3S-. The molecule has 0 N–H and O–H groups in total. The molecule has 0 bridgehead atoms. The van der Waals surface area contributed by atoms with E-state index in [1.807, 2.05) is 55.5 Å². The van der Waals surface area contributed by atoms with Crippen LogP contribution >= 0.6 is 11.8 Å². The van der Waals surface area contributed by atoms with Crippen molar-refractivity contribution in [1.29, 1.82) is 0 Å². The summed E-state index contributed by atoms with van der Waals surface area (Å²) in [5, 5.41) is 10.6. The lowest BCUT2D eigenvalue weighted by Crippen LogP contribution is -2.35. The van der Waals surface area contributed by atoms with Crippen LogP contribution in [-0.4, -0.2) is 17.0 Å². The molecule has 2 aromatic rings. The zero-order chi connectivity index (χ0) is 19.2. The predicted octanol–water partition coefficient (Wildman–Crippen LogP) is 4.53. The van der Waals surface area contributed by atoms with Gasteiger partial charge in [0.1, 0.15) is 0 Å². The SMILES string of the molecule is Cc1ccc(S[C@@H](CC(=O)c2ccc(C3CCCCC3)cc2)C(=O)[O-])cc1. The van der Waals surface area contributed by atoms with Crippen molar-refractivity contribution in [1.82, 2.24) is 0 Å². The molecule has 1 saturated carbocycles. The quantitative estimate of drug-likeness (QED) is 0.522. The van der Waals surface area contributed by atoms with E-state index in [4.69, 9.17) is 0 Å². The Morgan fingerprint density at radius 1 is 1.00 bits per heavy atom. The van der Waals surface area contributed by atoms with Gasteiger partial charge in [-0.15, -0.1) is 11.8 Å². The molecule has 1 aliphatic carbocycles. The summed E-state index contributed by atoms with van der Waals surface area (Å²) in [5.74, 6) is -0.761. The Bertz CT molecular complexity index is 774. The molecule has 0 unspecified atom stereocenters. The van der Waals surface area contributed by atoms with E-state index in [9.17, 15) is 14.7 Å². The normalized spacial score (nSPS) is 16.0. The molecule has 3 nitrogen and oxygen atoms in total. The molecule has 0 spiro atoms. The van der Waals surface area contributed by atoms with Crippen molar-refractivity contribution < 1.29 is 14.7 Å². The lowest BCUT2D eigenvalue weighted by Gasteiger charge is -2.22. The monoisotopic (exact) mass is 381 g/mol. The van der Waals surface area contributed by atoms with Gasteiger partial charge < -0.3 is 9.90 Å². The number of Topliss-reactive ketones (excluding diaryl/α,β-unsaturated/α-hetero) is 1. The molecule has 0 heterocycles. The molecule has 0 aliphatic heterocycles. The van der Waals surface area contributed by atoms with Crippen LogP contribution in [0.25, 0.3) is 0 Å². The van der Waals surface area contributed by atoms with Gasteiger partial charge in [-0.05, 0) is 43.4 Å². The fourth-order valence-corrected chi connectivity index (χ4v) is 4.57. The highest BCUT2D eigenvalue weighted by Crippen LogP contribution is 2.33. The van der Waals surface area contributed by atoms with E-state index in [2.05, 4.69) is 0 Å². The Morgan fingerprint density at radius 2 is 1.63 bits per heavy atom. The molecular weight excluding hydrogens is 356 g/mol. The summed E-state index contributed by atoms with van der Waals surface area (Å²) in [5.41, 5.74) is 2.97. The highest BCUT2D eigenvalue weighted by atomic mass is 32.2. The third-order valence-corrected chi connectivity index (χ3v) is 6.43. The Labute approximate surface area is 165 Å².